The minimum atomic E-state index is -0.805. The zero-order valence-electron chi connectivity index (χ0n) is 21.6. The van der Waals surface area contributed by atoms with Gasteiger partial charge in [-0.15, -0.1) is 0 Å². The van der Waals surface area contributed by atoms with E-state index in [1.165, 1.54) is 6.07 Å². The number of carbonyl (C=O) groups is 3. The Labute approximate surface area is 226 Å². The van der Waals surface area contributed by atoms with Crippen molar-refractivity contribution in [2.75, 3.05) is 18.1 Å². The van der Waals surface area contributed by atoms with Crippen molar-refractivity contribution in [1.29, 1.82) is 0 Å². The number of nitrogens with one attached hydrogen (secondary N) is 1. The van der Waals surface area contributed by atoms with Crippen molar-refractivity contribution in [3.63, 3.8) is 0 Å². The van der Waals surface area contributed by atoms with E-state index in [1.807, 2.05) is 0 Å². The van der Waals surface area contributed by atoms with Gasteiger partial charge in [0.25, 0.3) is 5.91 Å². The topological polar surface area (TPSA) is 94.2 Å². The highest BCUT2D eigenvalue weighted by Gasteiger charge is 2.39. The van der Waals surface area contributed by atoms with E-state index in [1.54, 1.807) is 78.0 Å². The molecule has 2 aromatic rings. The molecule has 1 heterocycles. The molecule has 198 valence electrons. The van der Waals surface area contributed by atoms with Crippen LogP contribution in [0.4, 0.5) is 15.3 Å². The lowest BCUT2D eigenvalue weighted by molar-refractivity contribution is -0.112. The van der Waals surface area contributed by atoms with Crippen LogP contribution in [0.25, 0.3) is 11.6 Å². The maximum absolute atomic E-state index is 13.4. The molecule has 0 saturated heterocycles. The molecule has 3 rings (SSSR count). The Morgan fingerprint density at radius 1 is 0.946 bits per heavy atom. The van der Waals surface area contributed by atoms with E-state index in [2.05, 4.69) is 5.32 Å². The molecule has 0 aromatic heterocycles. The van der Waals surface area contributed by atoms with Crippen LogP contribution in [-0.2, 0) is 14.3 Å². The number of halogens is 2. The molecule has 1 aliphatic rings. The van der Waals surface area contributed by atoms with Crippen LogP contribution in [0.3, 0.4) is 0 Å². The second kappa shape index (κ2) is 11.0. The van der Waals surface area contributed by atoms with Gasteiger partial charge in [0.1, 0.15) is 23.6 Å². The Morgan fingerprint density at radius 3 is 2.22 bits per heavy atom. The monoisotopic (exact) mass is 548 g/mol. The van der Waals surface area contributed by atoms with E-state index < -0.39 is 29.3 Å². The zero-order valence-corrected chi connectivity index (χ0v) is 23.1. The molecule has 0 unspecified atom stereocenters. The van der Waals surface area contributed by atoms with Gasteiger partial charge >= 0.3 is 12.2 Å². The van der Waals surface area contributed by atoms with Gasteiger partial charge < -0.3 is 19.5 Å². The van der Waals surface area contributed by atoms with Crippen molar-refractivity contribution in [1.82, 2.24) is 5.32 Å². The average Bonchev–Trinajstić information content (AvgIpc) is 3.00. The highest BCUT2D eigenvalue weighted by molar-refractivity contribution is 6.42. The highest BCUT2D eigenvalue weighted by Crippen LogP contribution is 2.41. The minimum Gasteiger partial charge on any atom is -0.491 e. The number of anilines is 1. The van der Waals surface area contributed by atoms with Crippen LogP contribution in [0.1, 0.15) is 52.7 Å². The number of alkyl carbamates (subject to hydrolysis) is 1. The van der Waals surface area contributed by atoms with Gasteiger partial charge in [-0.3, -0.25) is 4.79 Å². The molecule has 2 aromatic carbocycles. The third-order valence-corrected chi connectivity index (χ3v) is 5.27. The van der Waals surface area contributed by atoms with Crippen molar-refractivity contribution in [3.8, 4) is 5.75 Å². The van der Waals surface area contributed by atoms with E-state index >= 15 is 0 Å². The number of benzene rings is 2. The number of imide groups is 1. The summed E-state index contributed by atoms with van der Waals surface area (Å²) in [5, 5.41) is 3.42. The Bertz CT molecular complexity index is 1240. The van der Waals surface area contributed by atoms with Gasteiger partial charge in [-0.1, -0.05) is 29.3 Å². The lowest BCUT2D eigenvalue weighted by atomic mass is 10.0. The Morgan fingerprint density at radius 2 is 1.57 bits per heavy atom. The Kier molecular flexibility index (Phi) is 8.45. The predicted molar refractivity (Wildman–Crippen MR) is 144 cm³/mol. The maximum atomic E-state index is 13.4. The highest BCUT2D eigenvalue weighted by atomic mass is 35.5. The quantitative estimate of drug-likeness (QED) is 0.329. The summed E-state index contributed by atoms with van der Waals surface area (Å²) in [6, 6.07) is 9.80. The summed E-state index contributed by atoms with van der Waals surface area (Å²) < 4.78 is 16.5. The van der Waals surface area contributed by atoms with Gasteiger partial charge in [0.2, 0.25) is 0 Å². The van der Waals surface area contributed by atoms with Crippen molar-refractivity contribution < 1.29 is 28.6 Å². The van der Waals surface area contributed by atoms with E-state index in [4.69, 9.17) is 37.4 Å². The molecule has 0 aliphatic carbocycles. The summed E-state index contributed by atoms with van der Waals surface area (Å²) in [4.78, 5) is 39.2. The fraction of sp³-hybridized carbons (Fsp3) is 0.370. The first-order valence-electron chi connectivity index (χ1n) is 11.6. The van der Waals surface area contributed by atoms with Crippen LogP contribution in [0.2, 0.25) is 10.0 Å². The van der Waals surface area contributed by atoms with Gasteiger partial charge in [0.05, 0.1) is 17.8 Å². The van der Waals surface area contributed by atoms with Gasteiger partial charge in [0.15, 0.2) is 0 Å². The first-order valence-corrected chi connectivity index (χ1v) is 12.4. The fourth-order valence-corrected chi connectivity index (χ4v) is 3.79. The minimum absolute atomic E-state index is 0.140. The molecule has 0 fully saturated rings. The second-order valence-corrected chi connectivity index (χ2v) is 11.2. The largest absolute Gasteiger partial charge is 0.491 e. The van der Waals surface area contributed by atoms with E-state index in [-0.39, 0.29) is 18.7 Å². The van der Waals surface area contributed by atoms with Gasteiger partial charge in [-0.25, -0.2) is 14.5 Å². The van der Waals surface area contributed by atoms with Gasteiger partial charge in [0, 0.05) is 21.2 Å². The van der Waals surface area contributed by atoms with Crippen LogP contribution in [-0.4, -0.2) is 42.4 Å². The fourth-order valence-electron chi connectivity index (χ4n) is 3.44. The molecule has 0 spiro atoms. The van der Waals surface area contributed by atoms with E-state index in [9.17, 15) is 14.4 Å². The molecule has 3 amide bonds. The Balaban J connectivity index is 1.87. The molecular weight excluding hydrogens is 519 g/mol. The third kappa shape index (κ3) is 7.63. The zero-order chi connectivity index (χ0) is 27.5. The average molecular weight is 549 g/mol. The molecule has 37 heavy (non-hydrogen) atoms. The number of carbonyl (C=O) groups excluding carboxylic acids is 3. The maximum Gasteiger partial charge on any atom is 0.422 e. The number of fused-ring (bicyclic) bond motifs is 1. The molecule has 8 nitrogen and oxygen atoms in total. The summed E-state index contributed by atoms with van der Waals surface area (Å²) in [5.41, 5.74) is 0.185. The SMILES string of the molecule is CC(C)(C)OC(=O)NCCOc1ccc(Cl)cc1/C=C1/C(=O)N(C(=O)OC(C)(C)C)c2cc(Cl)ccc21. The van der Waals surface area contributed by atoms with Gasteiger partial charge in [-0.05, 0) is 78.0 Å². The molecule has 0 radical (unpaired) electrons. The van der Waals surface area contributed by atoms with Crippen molar-refractivity contribution >= 4 is 58.6 Å². The summed E-state index contributed by atoms with van der Waals surface area (Å²) in [7, 11) is 0. The van der Waals surface area contributed by atoms with Gasteiger partial charge in [-0.2, -0.15) is 0 Å². The summed E-state index contributed by atoms with van der Waals surface area (Å²) in [6.45, 7) is 10.8. The predicted octanol–water partition coefficient (Wildman–Crippen LogP) is 6.72. The smallest absolute Gasteiger partial charge is 0.422 e. The van der Waals surface area contributed by atoms with E-state index in [0.29, 0.717) is 32.6 Å². The number of rotatable bonds is 5. The van der Waals surface area contributed by atoms with Crippen molar-refractivity contribution in [2.24, 2.45) is 0 Å². The summed E-state index contributed by atoms with van der Waals surface area (Å²) >= 11 is 12.4. The number of nitrogens with zero attached hydrogens (tertiary/aromatic N) is 1. The number of ether oxygens (including phenoxy) is 3. The molecule has 0 saturated carbocycles. The molecule has 0 bridgehead atoms. The van der Waals surface area contributed by atoms with Crippen LogP contribution in [0.15, 0.2) is 36.4 Å². The molecule has 0 atom stereocenters. The third-order valence-electron chi connectivity index (χ3n) is 4.80. The standard InChI is InChI=1S/C27H30Cl2N2O6/c1-26(2,3)36-24(33)30-11-12-35-22-10-8-17(28)13-16(22)14-20-19-9-7-18(29)15-21(19)31(23(20)32)25(34)37-27(4,5)6/h7-10,13-15H,11-12H2,1-6H3,(H,30,33)/b20-14+. The normalized spacial score (nSPS) is 14.4. The summed E-state index contributed by atoms with van der Waals surface area (Å²) in [5.74, 6) is -0.133. The molecule has 1 aliphatic heterocycles. The molecule has 10 heteroatoms. The van der Waals surface area contributed by atoms with Crippen molar-refractivity contribution in [3.05, 3.63) is 57.6 Å². The second-order valence-electron chi connectivity index (χ2n) is 10.3. The molecule has 1 N–H and O–H groups in total. The number of hydrogen-bond acceptors (Lipinski definition) is 6. The number of amides is 3. The summed E-state index contributed by atoms with van der Waals surface area (Å²) in [6.07, 6.45) is 0.242. The van der Waals surface area contributed by atoms with Crippen LogP contribution < -0.4 is 15.0 Å². The van der Waals surface area contributed by atoms with Crippen molar-refractivity contribution in [2.45, 2.75) is 52.7 Å². The lowest BCUT2D eigenvalue weighted by Gasteiger charge is -2.23. The molecular formula is C27H30Cl2N2O6. The van der Waals surface area contributed by atoms with E-state index in [0.717, 1.165) is 4.90 Å². The Hall–Kier alpha value is -3.23. The van der Waals surface area contributed by atoms with Crippen LogP contribution in [0.5, 0.6) is 5.75 Å². The van der Waals surface area contributed by atoms with Crippen LogP contribution >= 0.6 is 23.2 Å². The lowest BCUT2D eigenvalue weighted by Crippen LogP contribution is -2.38. The number of hydrogen-bond donors (Lipinski definition) is 1. The van der Waals surface area contributed by atoms with Crippen LogP contribution in [0, 0.1) is 0 Å². The first kappa shape index (κ1) is 28.3. The first-order chi connectivity index (χ1) is 17.1.